The summed E-state index contributed by atoms with van der Waals surface area (Å²) < 4.78 is 6.40. The number of ether oxygens (including phenoxy) is 1. The molecule has 0 saturated heterocycles. The zero-order chi connectivity index (χ0) is 16.6. The van der Waals surface area contributed by atoms with Crippen LogP contribution in [0.2, 0.25) is 0 Å². The molecule has 0 radical (unpaired) electrons. The van der Waals surface area contributed by atoms with Crippen LogP contribution in [0.15, 0.2) is 42.5 Å². The van der Waals surface area contributed by atoms with Gasteiger partial charge in [0.2, 0.25) is 0 Å². The number of carbonyl (C=O) groups excluding carboxylic acids is 1. The van der Waals surface area contributed by atoms with Crippen molar-refractivity contribution >= 4 is 22.6 Å². The van der Waals surface area contributed by atoms with Gasteiger partial charge in [0, 0.05) is 11.6 Å². The van der Waals surface area contributed by atoms with Crippen molar-refractivity contribution in [3.05, 3.63) is 64.0 Å². The first-order valence-electron chi connectivity index (χ1n) is 6.84. The Labute approximate surface area is 131 Å². The Morgan fingerprint density at radius 3 is 2.70 bits per heavy atom. The number of para-hydroxylation sites is 2. The third-order valence-electron chi connectivity index (χ3n) is 3.55. The molecule has 0 N–H and O–H groups in total. The smallest absolute Gasteiger partial charge is 0.311 e. The van der Waals surface area contributed by atoms with Gasteiger partial charge in [0.1, 0.15) is 5.82 Å². The number of benzene rings is 2. The minimum atomic E-state index is -0.575. The molecule has 0 atom stereocenters. The number of methoxy groups -OCH3 is 1. The zero-order valence-corrected chi connectivity index (χ0v) is 12.5. The fourth-order valence-electron chi connectivity index (χ4n) is 2.50. The number of nitrogens with zero attached hydrogens (tertiary/aromatic N) is 3. The third kappa shape index (κ3) is 2.42. The first-order valence-corrected chi connectivity index (χ1v) is 6.84. The van der Waals surface area contributed by atoms with Crippen LogP contribution in [0.1, 0.15) is 16.2 Å². The lowest BCUT2D eigenvalue weighted by Crippen LogP contribution is -2.14. The molecule has 23 heavy (non-hydrogen) atoms. The molecule has 116 valence electrons. The molecule has 2 aromatic carbocycles. The number of aryl methyl sites for hydroxylation is 1. The number of rotatable bonds is 3. The number of nitro benzene ring substituents is 1. The maximum atomic E-state index is 12.8. The van der Waals surface area contributed by atoms with Crippen LogP contribution in [0.25, 0.3) is 11.0 Å². The molecular formula is C16H13N3O4. The predicted molar refractivity (Wildman–Crippen MR) is 83.8 cm³/mol. The van der Waals surface area contributed by atoms with Gasteiger partial charge in [-0.25, -0.2) is 4.98 Å². The van der Waals surface area contributed by atoms with E-state index in [2.05, 4.69) is 4.98 Å². The van der Waals surface area contributed by atoms with Crippen LogP contribution in [-0.2, 0) is 0 Å². The van der Waals surface area contributed by atoms with Gasteiger partial charge in [0.05, 0.1) is 23.1 Å². The van der Waals surface area contributed by atoms with E-state index in [1.165, 1.54) is 29.9 Å². The van der Waals surface area contributed by atoms with Gasteiger partial charge in [-0.05, 0) is 31.2 Å². The summed E-state index contributed by atoms with van der Waals surface area (Å²) in [5, 5.41) is 11.1. The van der Waals surface area contributed by atoms with E-state index in [1.54, 1.807) is 13.0 Å². The van der Waals surface area contributed by atoms with Crippen molar-refractivity contribution in [2.75, 3.05) is 7.11 Å². The molecule has 0 aliphatic heterocycles. The molecule has 7 nitrogen and oxygen atoms in total. The predicted octanol–water partition coefficient (Wildman–Crippen LogP) is 2.95. The van der Waals surface area contributed by atoms with Crippen LogP contribution < -0.4 is 4.74 Å². The highest BCUT2D eigenvalue weighted by Crippen LogP contribution is 2.28. The van der Waals surface area contributed by atoms with Gasteiger partial charge in [-0.15, -0.1) is 0 Å². The van der Waals surface area contributed by atoms with E-state index >= 15 is 0 Å². The molecule has 0 spiro atoms. The van der Waals surface area contributed by atoms with Crippen molar-refractivity contribution in [1.29, 1.82) is 0 Å². The maximum Gasteiger partial charge on any atom is 0.311 e. The molecule has 0 amide bonds. The highest BCUT2D eigenvalue weighted by molar-refractivity contribution is 6.02. The SMILES string of the molecule is COc1ccc(C(=O)n2c(C)nc3ccccc32)cc1[N+](=O)[O-]. The Morgan fingerprint density at radius 2 is 2.00 bits per heavy atom. The average Bonchev–Trinajstić information content (AvgIpc) is 2.89. The number of hydrogen-bond acceptors (Lipinski definition) is 5. The number of imidazole rings is 1. The van der Waals surface area contributed by atoms with Crippen molar-refractivity contribution in [3.8, 4) is 5.75 Å². The molecule has 0 fully saturated rings. The second-order valence-corrected chi connectivity index (χ2v) is 4.93. The van der Waals surface area contributed by atoms with Crippen molar-refractivity contribution in [2.45, 2.75) is 6.92 Å². The maximum absolute atomic E-state index is 12.8. The fraction of sp³-hybridized carbons (Fsp3) is 0.125. The summed E-state index contributed by atoms with van der Waals surface area (Å²) in [7, 11) is 1.34. The van der Waals surface area contributed by atoms with Gasteiger partial charge in [0.15, 0.2) is 5.75 Å². The fourth-order valence-corrected chi connectivity index (χ4v) is 2.50. The van der Waals surface area contributed by atoms with E-state index in [-0.39, 0.29) is 22.9 Å². The van der Waals surface area contributed by atoms with Gasteiger partial charge in [0.25, 0.3) is 5.91 Å². The van der Waals surface area contributed by atoms with E-state index in [0.29, 0.717) is 16.9 Å². The van der Waals surface area contributed by atoms with E-state index < -0.39 is 4.92 Å². The average molecular weight is 311 g/mol. The Balaban J connectivity index is 2.15. The van der Waals surface area contributed by atoms with Crippen molar-refractivity contribution in [3.63, 3.8) is 0 Å². The van der Waals surface area contributed by atoms with Crippen LogP contribution in [-0.4, -0.2) is 27.5 Å². The minimum Gasteiger partial charge on any atom is -0.490 e. The molecule has 0 aliphatic carbocycles. The number of aromatic nitrogens is 2. The lowest BCUT2D eigenvalue weighted by atomic mass is 10.1. The monoisotopic (exact) mass is 311 g/mol. The molecular weight excluding hydrogens is 298 g/mol. The Bertz CT molecular complexity index is 930. The molecule has 7 heteroatoms. The quantitative estimate of drug-likeness (QED) is 0.548. The first kappa shape index (κ1) is 14.7. The zero-order valence-electron chi connectivity index (χ0n) is 12.5. The van der Waals surface area contributed by atoms with E-state index in [0.717, 1.165) is 0 Å². The van der Waals surface area contributed by atoms with Gasteiger partial charge >= 0.3 is 5.69 Å². The highest BCUT2D eigenvalue weighted by Gasteiger charge is 2.21. The van der Waals surface area contributed by atoms with Crippen LogP contribution in [0.5, 0.6) is 5.75 Å². The van der Waals surface area contributed by atoms with E-state index in [9.17, 15) is 14.9 Å². The van der Waals surface area contributed by atoms with Gasteiger partial charge < -0.3 is 4.74 Å². The van der Waals surface area contributed by atoms with Crippen molar-refractivity contribution < 1.29 is 14.5 Å². The van der Waals surface area contributed by atoms with E-state index in [4.69, 9.17) is 4.74 Å². The number of nitro groups is 1. The first-order chi connectivity index (χ1) is 11.0. The normalized spacial score (nSPS) is 10.7. The number of hydrogen-bond donors (Lipinski definition) is 0. The summed E-state index contributed by atoms with van der Waals surface area (Å²) in [5.74, 6) is 0.260. The van der Waals surface area contributed by atoms with Crippen LogP contribution in [0.4, 0.5) is 5.69 Å². The summed E-state index contributed by atoms with van der Waals surface area (Å²) in [6.45, 7) is 1.72. The highest BCUT2D eigenvalue weighted by atomic mass is 16.6. The summed E-state index contributed by atoms with van der Waals surface area (Å²) in [5.41, 5.74) is 1.30. The molecule has 1 aromatic heterocycles. The molecule has 0 bridgehead atoms. The topological polar surface area (TPSA) is 87.3 Å². The molecule has 0 saturated carbocycles. The third-order valence-corrected chi connectivity index (χ3v) is 3.55. The molecule has 3 rings (SSSR count). The second kappa shape index (κ2) is 5.53. The summed E-state index contributed by atoms with van der Waals surface area (Å²) in [6, 6.07) is 11.4. The molecule has 3 aromatic rings. The Hall–Kier alpha value is -3.22. The molecule has 0 unspecified atom stereocenters. The van der Waals surface area contributed by atoms with Crippen LogP contribution in [0.3, 0.4) is 0 Å². The van der Waals surface area contributed by atoms with Crippen molar-refractivity contribution in [1.82, 2.24) is 9.55 Å². The van der Waals surface area contributed by atoms with Crippen LogP contribution >= 0.6 is 0 Å². The lowest BCUT2D eigenvalue weighted by molar-refractivity contribution is -0.385. The summed E-state index contributed by atoms with van der Waals surface area (Å²) in [4.78, 5) is 27.7. The van der Waals surface area contributed by atoms with Gasteiger partial charge in [-0.2, -0.15) is 0 Å². The van der Waals surface area contributed by atoms with Crippen LogP contribution in [0, 0.1) is 17.0 Å². The number of fused-ring (bicyclic) bond motifs is 1. The Morgan fingerprint density at radius 1 is 1.26 bits per heavy atom. The van der Waals surface area contributed by atoms with E-state index in [1.807, 2.05) is 18.2 Å². The second-order valence-electron chi connectivity index (χ2n) is 4.93. The lowest BCUT2D eigenvalue weighted by Gasteiger charge is -2.07. The largest absolute Gasteiger partial charge is 0.490 e. The van der Waals surface area contributed by atoms with Crippen molar-refractivity contribution in [2.24, 2.45) is 0 Å². The number of carbonyl (C=O) groups is 1. The standard InChI is InChI=1S/C16H13N3O4/c1-10-17-12-5-3-4-6-13(12)18(10)16(20)11-7-8-15(23-2)14(9-11)19(21)22/h3-9H,1-2H3. The Kier molecular flexibility index (Phi) is 3.53. The molecule has 0 aliphatic rings. The van der Waals surface area contributed by atoms with Gasteiger partial charge in [-0.1, -0.05) is 12.1 Å². The van der Waals surface area contributed by atoms with Gasteiger partial charge in [-0.3, -0.25) is 19.5 Å². The minimum absolute atomic E-state index is 0.110. The molecule has 1 heterocycles. The summed E-state index contributed by atoms with van der Waals surface area (Å²) >= 11 is 0. The summed E-state index contributed by atoms with van der Waals surface area (Å²) in [6.07, 6.45) is 0.